The highest BCUT2D eigenvalue weighted by atomic mass is 32.2. The number of carbonyl (C=O) groups is 1. The molecule has 3 rings (SSSR count). The molecule has 2 aromatic rings. The second-order valence-corrected chi connectivity index (χ2v) is 6.24. The number of imidazole rings is 1. The SMILES string of the molecule is CSCCCn1c(C2CC2)nc2cc(C(=O)O)ccc21. The molecule has 106 valence electrons. The molecule has 1 aliphatic carbocycles. The predicted molar refractivity (Wildman–Crippen MR) is 81.7 cm³/mol. The molecular formula is C15H18N2O2S. The first-order valence-corrected chi connectivity index (χ1v) is 8.32. The van der Waals surface area contributed by atoms with E-state index in [9.17, 15) is 4.79 Å². The number of aromatic nitrogens is 2. The molecule has 0 atom stereocenters. The Morgan fingerprint density at radius 2 is 2.30 bits per heavy atom. The van der Waals surface area contributed by atoms with E-state index in [-0.39, 0.29) is 0 Å². The van der Waals surface area contributed by atoms with Crippen molar-refractivity contribution in [3.8, 4) is 0 Å². The Morgan fingerprint density at radius 1 is 1.50 bits per heavy atom. The number of fused-ring (bicyclic) bond motifs is 1. The summed E-state index contributed by atoms with van der Waals surface area (Å²) in [4.78, 5) is 15.7. The number of carboxylic acid groups (broad SMARTS) is 1. The number of aromatic carboxylic acids is 1. The topological polar surface area (TPSA) is 55.1 Å². The van der Waals surface area contributed by atoms with Crippen LogP contribution in [0.4, 0.5) is 0 Å². The first-order chi connectivity index (χ1) is 9.70. The molecule has 1 heterocycles. The van der Waals surface area contributed by atoms with E-state index in [1.165, 1.54) is 12.8 Å². The van der Waals surface area contributed by atoms with Gasteiger partial charge in [0.25, 0.3) is 0 Å². The first-order valence-electron chi connectivity index (χ1n) is 6.93. The lowest BCUT2D eigenvalue weighted by molar-refractivity contribution is 0.0697. The van der Waals surface area contributed by atoms with E-state index in [2.05, 4.69) is 15.8 Å². The number of rotatable bonds is 6. The second kappa shape index (κ2) is 5.48. The number of hydrogen-bond donors (Lipinski definition) is 1. The molecule has 0 amide bonds. The Hall–Kier alpha value is -1.49. The van der Waals surface area contributed by atoms with Crippen molar-refractivity contribution in [3.63, 3.8) is 0 Å². The molecule has 5 heteroatoms. The zero-order valence-corrected chi connectivity index (χ0v) is 12.3. The van der Waals surface area contributed by atoms with Crippen LogP contribution in [-0.4, -0.2) is 32.6 Å². The third-order valence-corrected chi connectivity index (χ3v) is 4.39. The lowest BCUT2D eigenvalue weighted by Crippen LogP contribution is -2.04. The minimum atomic E-state index is -0.892. The largest absolute Gasteiger partial charge is 0.478 e. The molecule has 1 aromatic heterocycles. The summed E-state index contributed by atoms with van der Waals surface area (Å²) < 4.78 is 2.29. The maximum Gasteiger partial charge on any atom is 0.335 e. The van der Waals surface area contributed by atoms with Gasteiger partial charge in [-0.25, -0.2) is 9.78 Å². The van der Waals surface area contributed by atoms with Crippen LogP contribution >= 0.6 is 11.8 Å². The minimum absolute atomic E-state index is 0.314. The molecule has 0 saturated heterocycles. The number of thioether (sulfide) groups is 1. The second-order valence-electron chi connectivity index (χ2n) is 5.25. The van der Waals surface area contributed by atoms with E-state index in [0.717, 1.165) is 35.6 Å². The summed E-state index contributed by atoms with van der Waals surface area (Å²) in [6.07, 6.45) is 5.65. The van der Waals surface area contributed by atoms with Crippen LogP contribution in [0, 0.1) is 0 Å². The van der Waals surface area contributed by atoms with Crippen molar-refractivity contribution in [1.29, 1.82) is 0 Å². The molecule has 1 aliphatic rings. The van der Waals surface area contributed by atoms with Crippen LogP contribution in [0.15, 0.2) is 18.2 Å². The number of aryl methyl sites for hydroxylation is 1. The average Bonchev–Trinajstić information content (AvgIpc) is 3.21. The highest BCUT2D eigenvalue weighted by molar-refractivity contribution is 7.98. The van der Waals surface area contributed by atoms with E-state index in [4.69, 9.17) is 5.11 Å². The van der Waals surface area contributed by atoms with E-state index in [0.29, 0.717) is 11.5 Å². The molecule has 4 nitrogen and oxygen atoms in total. The summed E-state index contributed by atoms with van der Waals surface area (Å²) >= 11 is 1.85. The van der Waals surface area contributed by atoms with Crippen molar-refractivity contribution in [2.45, 2.75) is 31.7 Å². The normalized spacial score (nSPS) is 14.8. The zero-order chi connectivity index (χ0) is 14.1. The maximum atomic E-state index is 11.1. The monoisotopic (exact) mass is 290 g/mol. The minimum Gasteiger partial charge on any atom is -0.478 e. The Balaban J connectivity index is 2.00. The molecule has 1 N–H and O–H groups in total. The van der Waals surface area contributed by atoms with Gasteiger partial charge >= 0.3 is 5.97 Å². The quantitative estimate of drug-likeness (QED) is 0.829. The molecule has 0 radical (unpaired) electrons. The van der Waals surface area contributed by atoms with Gasteiger partial charge in [0.2, 0.25) is 0 Å². The number of hydrogen-bond acceptors (Lipinski definition) is 3. The van der Waals surface area contributed by atoms with Gasteiger partial charge in [0.05, 0.1) is 16.6 Å². The van der Waals surface area contributed by atoms with Crippen LogP contribution < -0.4 is 0 Å². The Kier molecular flexibility index (Phi) is 3.70. The Labute approximate surface area is 122 Å². The van der Waals surface area contributed by atoms with Crippen molar-refractivity contribution in [1.82, 2.24) is 9.55 Å². The van der Waals surface area contributed by atoms with E-state index in [1.54, 1.807) is 12.1 Å². The molecule has 0 aliphatic heterocycles. The van der Waals surface area contributed by atoms with Crippen molar-refractivity contribution >= 4 is 28.8 Å². The fraction of sp³-hybridized carbons (Fsp3) is 0.467. The summed E-state index contributed by atoms with van der Waals surface area (Å²) in [5, 5.41) is 9.08. The standard InChI is InChI=1S/C15H18N2O2S/c1-20-8-2-7-17-13-6-5-11(15(18)19)9-12(13)16-14(17)10-3-4-10/h5-6,9-10H,2-4,7-8H2,1H3,(H,18,19). The van der Waals surface area contributed by atoms with E-state index in [1.807, 2.05) is 17.8 Å². The third kappa shape index (κ3) is 2.54. The van der Waals surface area contributed by atoms with Crippen LogP contribution in [0.1, 0.15) is 41.4 Å². The summed E-state index contributed by atoms with van der Waals surface area (Å²) in [5.74, 6) is 1.96. The fourth-order valence-electron chi connectivity index (χ4n) is 2.54. The summed E-state index contributed by atoms with van der Waals surface area (Å²) in [7, 11) is 0. The van der Waals surface area contributed by atoms with Crippen LogP contribution in [0.2, 0.25) is 0 Å². The van der Waals surface area contributed by atoms with Gasteiger partial charge in [-0.3, -0.25) is 0 Å². The van der Waals surface area contributed by atoms with Crippen LogP contribution in [-0.2, 0) is 6.54 Å². The van der Waals surface area contributed by atoms with Gasteiger partial charge in [0, 0.05) is 12.5 Å². The Morgan fingerprint density at radius 3 is 2.95 bits per heavy atom. The molecule has 0 bridgehead atoms. The first kappa shape index (κ1) is 13.5. The van der Waals surface area contributed by atoms with Crippen molar-refractivity contribution in [3.05, 3.63) is 29.6 Å². The molecule has 0 unspecified atom stereocenters. The van der Waals surface area contributed by atoms with Crippen LogP contribution in [0.25, 0.3) is 11.0 Å². The van der Waals surface area contributed by atoms with Crippen LogP contribution in [0.3, 0.4) is 0 Å². The molecule has 20 heavy (non-hydrogen) atoms. The average molecular weight is 290 g/mol. The highest BCUT2D eigenvalue weighted by Crippen LogP contribution is 2.40. The number of nitrogens with zero attached hydrogens (tertiary/aromatic N) is 2. The summed E-state index contributed by atoms with van der Waals surface area (Å²) in [5.41, 5.74) is 2.20. The van der Waals surface area contributed by atoms with Gasteiger partial charge in [-0.1, -0.05) is 0 Å². The van der Waals surface area contributed by atoms with Gasteiger partial charge in [0.1, 0.15) is 5.82 Å². The van der Waals surface area contributed by atoms with Crippen molar-refractivity contribution in [2.75, 3.05) is 12.0 Å². The Bertz CT molecular complexity index is 647. The molecule has 1 aromatic carbocycles. The van der Waals surface area contributed by atoms with Gasteiger partial charge in [-0.2, -0.15) is 11.8 Å². The predicted octanol–water partition coefficient (Wildman–Crippen LogP) is 3.37. The van der Waals surface area contributed by atoms with Gasteiger partial charge in [0.15, 0.2) is 0 Å². The van der Waals surface area contributed by atoms with Gasteiger partial charge in [-0.05, 0) is 49.5 Å². The molecule has 1 saturated carbocycles. The highest BCUT2D eigenvalue weighted by Gasteiger charge is 2.29. The number of carboxylic acids is 1. The molecule has 1 fully saturated rings. The lowest BCUT2D eigenvalue weighted by Gasteiger charge is -2.08. The van der Waals surface area contributed by atoms with Gasteiger partial charge < -0.3 is 9.67 Å². The van der Waals surface area contributed by atoms with Gasteiger partial charge in [-0.15, -0.1) is 0 Å². The smallest absolute Gasteiger partial charge is 0.335 e. The van der Waals surface area contributed by atoms with E-state index >= 15 is 0 Å². The van der Waals surface area contributed by atoms with Crippen molar-refractivity contribution < 1.29 is 9.90 Å². The lowest BCUT2D eigenvalue weighted by atomic mass is 10.2. The summed E-state index contributed by atoms with van der Waals surface area (Å²) in [6.45, 7) is 0.968. The molecular weight excluding hydrogens is 272 g/mol. The number of benzene rings is 1. The van der Waals surface area contributed by atoms with E-state index < -0.39 is 5.97 Å². The summed E-state index contributed by atoms with van der Waals surface area (Å²) in [6, 6.07) is 5.26. The maximum absolute atomic E-state index is 11.1. The fourth-order valence-corrected chi connectivity index (χ4v) is 2.95. The third-order valence-electron chi connectivity index (χ3n) is 3.70. The molecule has 0 spiro atoms. The zero-order valence-electron chi connectivity index (χ0n) is 11.5. The van der Waals surface area contributed by atoms with Crippen LogP contribution in [0.5, 0.6) is 0 Å². The van der Waals surface area contributed by atoms with Crippen molar-refractivity contribution in [2.24, 2.45) is 0 Å².